The molecule has 0 unspecified atom stereocenters. The Hall–Kier alpha value is -1.43. The molecule has 3 rings (SSSR count). The van der Waals surface area contributed by atoms with Gasteiger partial charge < -0.3 is 14.8 Å². The van der Waals surface area contributed by atoms with Crippen LogP contribution in [0.3, 0.4) is 0 Å². The molecule has 1 aliphatic heterocycles. The highest BCUT2D eigenvalue weighted by atomic mass is 16.5. The summed E-state index contributed by atoms with van der Waals surface area (Å²) in [5, 5.41) is 2.94. The van der Waals surface area contributed by atoms with E-state index in [1.807, 2.05) is 0 Å². The van der Waals surface area contributed by atoms with Crippen molar-refractivity contribution in [2.24, 2.45) is 0 Å². The predicted octanol–water partition coefficient (Wildman–Crippen LogP) is 2.87. The maximum atomic E-state index is 11.9. The molecule has 0 radical (unpaired) electrons. The molecule has 5 nitrogen and oxygen atoms in total. The van der Waals surface area contributed by atoms with Crippen molar-refractivity contribution in [2.75, 3.05) is 19.7 Å². The zero-order chi connectivity index (χ0) is 18.4. The number of morpholine rings is 1. The van der Waals surface area contributed by atoms with Crippen molar-refractivity contribution in [3.05, 3.63) is 35.4 Å². The highest BCUT2D eigenvalue weighted by Crippen LogP contribution is 2.20. The number of hydrogen-bond donors (Lipinski definition) is 1. The van der Waals surface area contributed by atoms with Crippen LogP contribution in [0, 0.1) is 0 Å². The molecule has 1 aromatic carbocycles. The molecule has 144 valence electrons. The van der Waals surface area contributed by atoms with Crippen LogP contribution < -0.4 is 5.32 Å². The largest absolute Gasteiger partial charge is 0.373 e. The molecule has 26 heavy (non-hydrogen) atoms. The minimum atomic E-state index is -0.0303. The van der Waals surface area contributed by atoms with E-state index in [0.29, 0.717) is 18.8 Å². The van der Waals surface area contributed by atoms with Crippen molar-refractivity contribution in [3.8, 4) is 0 Å². The van der Waals surface area contributed by atoms with Gasteiger partial charge in [0.1, 0.15) is 6.61 Å². The fourth-order valence-corrected chi connectivity index (χ4v) is 3.93. The van der Waals surface area contributed by atoms with Gasteiger partial charge in [0, 0.05) is 26.2 Å². The third-order valence-corrected chi connectivity index (χ3v) is 5.17. The first-order valence-corrected chi connectivity index (χ1v) is 9.92. The Morgan fingerprint density at radius 3 is 2.38 bits per heavy atom. The summed E-state index contributed by atoms with van der Waals surface area (Å²) >= 11 is 0. The van der Waals surface area contributed by atoms with Crippen LogP contribution in [0.5, 0.6) is 0 Å². The van der Waals surface area contributed by atoms with Crippen molar-refractivity contribution in [2.45, 2.75) is 70.9 Å². The molecule has 1 N–H and O–H groups in total. The topological polar surface area (TPSA) is 50.8 Å². The standard InChI is InChI=1S/C21H32N2O3/c1-16-12-23(13-17(2)26-16)14-19-9-7-18(8-10-19)11-22-21(24)15-25-20-5-3-4-6-20/h7-10,16-17,20H,3-6,11-15H2,1-2H3,(H,22,24)/t16-,17+. The number of benzene rings is 1. The quantitative estimate of drug-likeness (QED) is 0.812. The Morgan fingerprint density at radius 1 is 1.12 bits per heavy atom. The van der Waals surface area contributed by atoms with Gasteiger partial charge in [-0.1, -0.05) is 37.1 Å². The van der Waals surface area contributed by atoms with E-state index < -0.39 is 0 Å². The number of ether oxygens (including phenoxy) is 2. The molecule has 0 bridgehead atoms. The zero-order valence-electron chi connectivity index (χ0n) is 16.1. The van der Waals surface area contributed by atoms with Gasteiger partial charge in [-0.05, 0) is 37.8 Å². The van der Waals surface area contributed by atoms with Gasteiger partial charge in [-0.25, -0.2) is 0 Å². The van der Waals surface area contributed by atoms with E-state index >= 15 is 0 Å². The Morgan fingerprint density at radius 2 is 1.73 bits per heavy atom. The number of hydrogen-bond acceptors (Lipinski definition) is 4. The van der Waals surface area contributed by atoms with Crippen LogP contribution in [-0.2, 0) is 27.4 Å². The lowest BCUT2D eigenvalue weighted by Gasteiger charge is -2.35. The molecule has 2 atom stereocenters. The molecular formula is C21H32N2O3. The molecule has 1 aliphatic carbocycles. The van der Waals surface area contributed by atoms with E-state index in [1.54, 1.807) is 0 Å². The SMILES string of the molecule is C[C@@H]1CN(Cc2ccc(CNC(=O)COC3CCCC3)cc2)C[C@H](C)O1. The molecule has 2 aliphatic rings. The monoisotopic (exact) mass is 360 g/mol. The lowest BCUT2D eigenvalue weighted by molar-refractivity contribution is -0.127. The van der Waals surface area contributed by atoms with Gasteiger partial charge in [0.05, 0.1) is 18.3 Å². The summed E-state index contributed by atoms with van der Waals surface area (Å²) in [7, 11) is 0. The molecule has 1 saturated heterocycles. The van der Waals surface area contributed by atoms with Crippen molar-refractivity contribution >= 4 is 5.91 Å². The van der Waals surface area contributed by atoms with Crippen molar-refractivity contribution in [1.29, 1.82) is 0 Å². The number of nitrogens with one attached hydrogen (secondary N) is 1. The lowest BCUT2D eigenvalue weighted by atomic mass is 10.1. The van der Waals surface area contributed by atoms with E-state index in [1.165, 1.54) is 18.4 Å². The molecule has 0 spiro atoms. The molecule has 1 saturated carbocycles. The van der Waals surface area contributed by atoms with Crippen LogP contribution in [0.4, 0.5) is 0 Å². The average Bonchev–Trinajstić information content (AvgIpc) is 3.12. The third kappa shape index (κ3) is 6.08. The molecule has 1 amide bonds. The summed E-state index contributed by atoms with van der Waals surface area (Å²) in [6.07, 6.45) is 5.50. The lowest BCUT2D eigenvalue weighted by Crippen LogP contribution is -2.44. The van der Waals surface area contributed by atoms with Crippen molar-refractivity contribution < 1.29 is 14.3 Å². The van der Waals surface area contributed by atoms with Crippen LogP contribution in [0.25, 0.3) is 0 Å². The van der Waals surface area contributed by atoms with E-state index in [2.05, 4.69) is 48.3 Å². The fraction of sp³-hybridized carbons (Fsp3) is 0.667. The van der Waals surface area contributed by atoms with Gasteiger partial charge in [-0.3, -0.25) is 9.69 Å². The molecular weight excluding hydrogens is 328 g/mol. The van der Waals surface area contributed by atoms with Crippen molar-refractivity contribution in [1.82, 2.24) is 10.2 Å². The van der Waals surface area contributed by atoms with Crippen molar-refractivity contribution in [3.63, 3.8) is 0 Å². The predicted molar refractivity (Wildman–Crippen MR) is 102 cm³/mol. The van der Waals surface area contributed by atoms with Crippen LogP contribution >= 0.6 is 0 Å². The van der Waals surface area contributed by atoms with Gasteiger partial charge in [0.15, 0.2) is 0 Å². The minimum Gasteiger partial charge on any atom is -0.373 e. The Balaban J connectivity index is 1.39. The highest BCUT2D eigenvalue weighted by molar-refractivity contribution is 5.77. The highest BCUT2D eigenvalue weighted by Gasteiger charge is 2.22. The van der Waals surface area contributed by atoms with Gasteiger partial charge in [0.2, 0.25) is 5.91 Å². The molecule has 2 fully saturated rings. The second-order valence-electron chi connectivity index (χ2n) is 7.76. The van der Waals surface area contributed by atoms with Gasteiger partial charge in [0.25, 0.3) is 0 Å². The number of amides is 1. The summed E-state index contributed by atoms with van der Waals surface area (Å²) in [6, 6.07) is 8.50. The minimum absolute atomic E-state index is 0.0303. The molecule has 0 aromatic heterocycles. The first-order valence-electron chi connectivity index (χ1n) is 9.92. The summed E-state index contributed by atoms with van der Waals surface area (Å²) in [6.45, 7) is 7.89. The zero-order valence-corrected chi connectivity index (χ0v) is 16.1. The van der Waals surface area contributed by atoms with E-state index in [4.69, 9.17) is 9.47 Å². The second kappa shape index (κ2) is 9.49. The Bertz CT molecular complexity index is 559. The van der Waals surface area contributed by atoms with E-state index in [9.17, 15) is 4.79 Å². The fourth-order valence-electron chi connectivity index (χ4n) is 3.93. The van der Waals surface area contributed by atoms with Crippen LogP contribution in [0.2, 0.25) is 0 Å². The Kier molecular flexibility index (Phi) is 7.06. The third-order valence-electron chi connectivity index (χ3n) is 5.17. The van der Waals surface area contributed by atoms with Crippen LogP contribution in [-0.4, -0.2) is 48.8 Å². The smallest absolute Gasteiger partial charge is 0.246 e. The number of carbonyl (C=O) groups excluding carboxylic acids is 1. The number of rotatable bonds is 7. The maximum Gasteiger partial charge on any atom is 0.246 e. The molecule has 5 heteroatoms. The summed E-state index contributed by atoms with van der Waals surface area (Å²) in [5.74, 6) is -0.0303. The number of nitrogens with zero attached hydrogens (tertiary/aromatic N) is 1. The molecule has 1 heterocycles. The summed E-state index contributed by atoms with van der Waals surface area (Å²) < 4.78 is 11.4. The first-order chi connectivity index (χ1) is 12.6. The van der Waals surface area contributed by atoms with E-state index in [0.717, 1.165) is 38.0 Å². The van der Waals surface area contributed by atoms with Crippen LogP contribution in [0.1, 0.15) is 50.7 Å². The number of carbonyl (C=O) groups is 1. The summed E-state index contributed by atoms with van der Waals surface area (Å²) in [4.78, 5) is 14.4. The summed E-state index contributed by atoms with van der Waals surface area (Å²) in [5.41, 5.74) is 2.41. The van der Waals surface area contributed by atoms with Gasteiger partial charge in [-0.2, -0.15) is 0 Å². The first kappa shape index (κ1) is 19.3. The van der Waals surface area contributed by atoms with Crippen LogP contribution in [0.15, 0.2) is 24.3 Å². The van der Waals surface area contributed by atoms with Gasteiger partial charge >= 0.3 is 0 Å². The van der Waals surface area contributed by atoms with Gasteiger partial charge in [-0.15, -0.1) is 0 Å². The second-order valence-corrected chi connectivity index (χ2v) is 7.76. The Labute approximate surface area is 157 Å². The van der Waals surface area contributed by atoms with E-state index in [-0.39, 0.29) is 18.6 Å². The normalized spacial score (nSPS) is 24.7. The maximum absolute atomic E-state index is 11.9. The average molecular weight is 360 g/mol. The molecule has 1 aromatic rings.